The summed E-state index contributed by atoms with van der Waals surface area (Å²) in [6.07, 6.45) is 0. The monoisotopic (exact) mass is 707 g/mol. The van der Waals surface area contributed by atoms with Crippen LogP contribution in [0.4, 0.5) is 17.1 Å². The zero-order valence-electron chi connectivity index (χ0n) is 30.3. The zero-order chi connectivity index (χ0) is 36.4. The van der Waals surface area contributed by atoms with E-state index in [0.717, 1.165) is 94.0 Å². The van der Waals surface area contributed by atoms with Gasteiger partial charge in [0.25, 0.3) is 0 Å². The van der Waals surface area contributed by atoms with Crippen molar-refractivity contribution in [2.45, 2.75) is 19.3 Å². The maximum Gasteiger partial charge on any atom is 0.159 e. The predicted octanol–water partition coefficient (Wildman–Crippen LogP) is 14.8. The van der Waals surface area contributed by atoms with Crippen LogP contribution in [-0.4, -0.2) is 0 Å². The lowest BCUT2D eigenvalue weighted by molar-refractivity contribution is 0.660. The molecule has 0 N–H and O–H groups in total. The van der Waals surface area contributed by atoms with Crippen LogP contribution < -0.4 is 4.90 Å². The molecule has 0 saturated carbocycles. The molecule has 0 amide bonds. The van der Waals surface area contributed by atoms with Gasteiger partial charge in [0.05, 0.1) is 11.4 Å². The number of rotatable bonds is 4. The van der Waals surface area contributed by atoms with Gasteiger partial charge in [-0.05, 0) is 81.9 Å². The van der Waals surface area contributed by atoms with E-state index in [-0.39, 0.29) is 5.41 Å². The van der Waals surface area contributed by atoms with Gasteiger partial charge in [-0.2, -0.15) is 0 Å². The van der Waals surface area contributed by atoms with E-state index in [1.807, 2.05) is 24.3 Å². The van der Waals surface area contributed by atoms with Crippen molar-refractivity contribution in [3.05, 3.63) is 175 Å². The van der Waals surface area contributed by atoms with E-state index in [2.05, 4.69) is 158 Å². The number of benzene rings is 8. The Morgan fingerprint density at radius 2 is 1.00 bits per heavy atom. The molecule has 0 saturated heterocycles. The highest BCUT2D eigenvalue weighted by atomic mass is 16.3. The minimum absolute atomic E-state index is 0.167. The van der Waals surface area contributed by atoms with Crippen molar-refractivity contribution in [2.75, 3.05) is 4.90 Å². The van der Waals surface area contributed by atoms with Crippen molar-refractivity contribution < 1.29 is 13.3 Å². The molecule has 3 aromatic heterocycles. The van der Waals surface area contributed by atoms with Crippen LogP contribution in [0.2, 0.25) is 0 Å². The normalized spacial score (nSPS) is 13.4. The van der Waals surface area contributed by atoms with Crippen molar-refractivity contribution in [3.8, 4) is 22.3 Å². The maximum absolute atomic E-state index is 7.02. The molecule has 260 valence electrons. The number of hydrogen-bond acceptors (Lipinski definition) is 4. The van der Waals surface area contributed by atoms with Crippen LogP contribution in [0.3, 0.4) is 0 Å². The first kappa shape index (κ1) is 30.4. The van der Waals surface area contributed by atoms with E-state index < -0.39 is 0 Å². The van der Waals surface area contributed by atoms with Crippen molar-refractivity contribution in [2.24, 2.45) is 0 Å². The fraction of sp³-hybridized carbons (Fsp3) is 0.0588. The molecular formula is C51H33NO3. The van der Waals surface area contributed by atoms with Gasteiger partial charge in [-0.25, -0.2) is 0 Å². The second-order valence-corrected chi connectivity index (χ2v) is 15.2. The summed E-state index contributed by atoms with van der Waals surface area (Å²) in [4.78, 5) is 2.32. The lowest BCUT2D eigenvalue weighted by Gasteiger charge is -2.28. The van der Waals surface area contributed by atoms with Gasteiger partial charge in [0, 0.05) is 43.4 Å². The minimum atomic E-state index is -0.167. The van der Waals surface area contributed by atoms with Crippen LogP contribution in [0.15, 0.2) is 177 Å². The Labute approximate surface area is 316 Å². The van der Waals surface area contributed by atoms with E-state index in [9.17, 15) is 0 Å². The number of para-hydroxylation sites is 3. The smallest absolute Gasteiger partial charge is 0.159 e. The molecule has 0 bridgehead atoms. The average molecular weight is 708 g/mol. The fourth-order valence-corrected chi connectivity index (χ4v) is 9.28. The molecule has 1 aliphatic rings. The van der Waals surface area contributed by atoms with Crippen LogP contribution in [0, 0.1) is 0 Å². The summed E-state index contributed by atoms with van der Waals surface area (Å²) in [5, 5.41) is 6.32. The minimum Gasteiger partial charge on any atom is -0.456 e. The van der Waals surface area contributed by atoms with Crippen molar-refractivity contribution in [3.63, 3.8) is 0 Å². The van der Waals surface area contributed by atoms with Crippen LogP contribution in [-0.2, 0) is 5.41 Å². The van der Waals surface area contributed by atoms with E-state index in [0.29, 0.717) is 0 Å². The number of furan rings is 3. The molecule has 4 heteroatoms. The molecule has 0 fully saturated rings. The molecule has 0 radical (unpaired) electrons. The van der Waals surface area contributed by atoms with Gasteiger partial charge in [-0.15, -0.1) is 0 Å². The molecule has 4 nitrogen and oxygen atoms in total. The summed E-state index contributed by atoms with van der Waals surface area (Å²) in [6, 6.07) is 57.9. The highest BCUT2D eigenvalue weighted by molar-refractivity contribution is 6.20. The van der Waals surface area contributed by atoms with Gasteiger partial charge in [0.2, 0.25) is 0 Å². The summed E-state index contributed by atoms with van der Waals surface area (Å²) < 4.78 is 20.3. The second kappa shape index (κ2) is 11.0. The van der Waals surface area contributed by atoms with Crippen LogP contribution >= 0.6 is 0 Å². The average Bonchev–Trinajstić information content (AvgIpc) is 3.96. The molecule has 3 heterocycles. The largest absolute Gasteiger partial charge is 0.456 e. The van der Waals surface area contributed by atoms with E-state index in [1.54, 1.807) is 0 Å². The van der Waals surface area contributed by atoms with Crippen LogP contribution in [0.25, 0.3) is 88.1 Å². The summed E-state index contributed by atoms with van der Waals surface area (Å²) in [5.41, 5.74) is 15.3. The van der Waals surface area contributed by atoms with E-state index >= 15 is 0 Å². The number of anilines is 3. The first-order valence-corrected chi connectivity index (χ1v) is 18.8. The molecule has 0 atom stereocenters. The number of fused-ring (bicyclic) bond motifs is 12. The molecule has 0 unspecified atom stereocenters. The Kier molecular flexibility index (Phi) is 6.09. The van der Waals surface area contributed by atoms with E-state index in [4.69, 9.17) is 13.3 Å². The number of hydrogen-bond donors (Lipinski definition) is 0. The standard InChI is InChI=1S/C51H33NO3/c1-51(2)40-20-8-6-15-33(40)34-26-25-31(27-41(34)51)52(42-21-10-18-36-35-16-7-9-23-44(35)54-49(36)42)43-22-11-19-37-38-28-47-39(29-46(38)55-50(37)43)48-32(17-12-24-45(48)53-47)30-13-4-3-5-14-30/h3-29H,1-2H3. The number of nitrogens with zero attached hydrogens (tertiary/aromatic N) is 1. The fourth-order valence-electron chi connectivity index (χ4n) is 9.28. The quantitative estimate of drug-likeness (QED) is 0.183. The highest BCUT2D eigenvalue weighted by Gasteiger charge is 2.36. The molecule has 11 aromatic rings. The highest BCUT2D eigenvalue weighted by Crippen LogP contribution is 2.52. The lowest BCUT2D eigenvalue weighted by atomic mass is 9.82. The summed E-state index contributed by atoms with van der Waals surface area (Å²) in [5.74, 6) is 0. The topological polar surface area (TPSA) is 42.7 Å². The van der Waals surface area contributed by atoms with Crippen molar-refractivity contribution in [1.82, 2.24) is 0 Å². The van der Waals surface area contributed by atoms with Gasteiger partial charge in [-0.3, -0.25) is 0 Å². The van der Waals surface area contributed by atoms with Crippen molar-refractivity contribution >= 4 is 82.9 Å². The summed E-state index contributed by atoms with van der Waals surface area (Å²) in [6.45, 7) is 4.66. The molecule has 55 heavy (non-hydrogen) atoms. The first-order chi connectivity index (χ1) is 27.0. The zero-order valence-corrected chi connectivity index (χ0v) is 30.3. The van der Waals surface area contributed by atoms with Gasteiger partial charge in [0.15, 0.2) is 11.2 Å². The third-order valence-corrected chi connectivity index (χ3v) is 11.9. The van der Waals surface area contributed by atoms with Crippen LogP contribution in [0.1, 0.15) is 25.0 Å². The predicted molar refractivity (Wildman–Crippen MR) is 226 cm³/mol. The SMILES string of the molecule is CC1(C)c2ccccc2-c2ccc(N(c3cccc4c3oc3ccccc34)c3cccc4c3oc3cc5c(cc34)oc3cccc(-c4ccccc4)c35)cc21. The van der Waals surface area contributed by atoms with E-state index in [1.165, 1.54) is 22.3 Å². The molecule has 8 aromatic carbocycles. The van der Waals surface area contributed by atoms with Gasteiger partial charge in [0.1, 0.15) is 22.3 Å². The molecular weight excluding hydrogens is 675 g/mol. The Hall–Kier alpha value is -7.04. The van der Waals surface area contributed by atoms with Crippen LogP contribution in [0.5, 0.6) is 0 Å². The molecule has 1 aliphatic carbocycles. The van der Waals surface area contributed by atoms with Crippen molar-refractivity contribution in [1.29, 1.82) is 0 Å². The van der Waals surface area contributed by atoms with Gasteiger partial charge >= 0.3 is 0 Å². The Balaban J connectivity index is 1.12. The first-order valence-electron chi connectivity index (χ1n) is 18.8. The maximum atomic E-state index is 7.02. The third kappa shape index (κ3) is 4.22. The third-order valence-electron chi connectivity index (χ3n) is 11.9. The van der Waals surface area contributed by atoms with Gasteiger partial charge in [-0.1, -0.05) is 129 Å². The second-order valence-electron chi connectivity index (χ2n) is 15.2. The molecule has 0 spiro atoms. The Morgan fingerprint density at radius 1 is 0.400 bits per heavy atom. The molecule has 12 rings (SSSR count). The Bertz CT molecular complexity index is 3360. The summed E-state index contributed by atoms with van der Waals surface area (Å²) >= 11 is 0. The lowest BCUT2D eigenvalue weighted by Crippen LogP contribution is -2.16. The Morgan fingerprint density at radius 3 is 1.84 bits per heavy atom. The molecule has 0 aliphatic heterocycles. The summed E-state index contributed by atoms with van der Waals surface area (Å²) in [7, 11) is 0. The van der Waals surface area contributed by atoms with Gasteiger partial charge < -0.3 is 18.2 Å².